The molecule has 5 heteroatoms. The standard InChI is InChI=1S/C17H24N2O3/c1-10(2)18-17(22)14-9-12(8-7-11(14)3)19-16(21)13-5-4-6-15(13)20/h7-10,13,15,20H,4-6H2,1-3H3,(H,18,22)(H,19,21). The smallest absolute Gasteiger partial charge is 0.251 e. The van der Waals surface area contributed by atoms with Gasteiger partial charge in [0.15, 0.2) is 0 Å². The van der Waals surface area contributed by atoms with Crippen LogP contribution in [-0.4, -0.2) is 29.1 Å². The van der Waals surface area contributed by atoms with E-state index in [1.54, 1.807) is 12.1 Å². The van der Waals surface area contributed by atoms with Gasteiger partial charge in [-0.1, -0.05) is 6.07 Å². The molecule has 120 valence electrons. The summed E-state index contributed by atoms with van der Waals surface area (Å²) >= 11 is 0. The lowest BCUT2D eigenvalue weighted by molar-refractivity contribution is -0.122. The van der Waals surface area contributed by atoms with E-state index in [2.05, 4.69) is 10.6 Å². The first-order valence-electron chi connectivity index (χ1n) is 7.79. The molecule has 2 unspecified atom stereocenters. The molecule has 5 nitrogen and oxygen atoms in total. The number of hydrogen-bond acceptors (Lipinski definition) is 3. The molecule has 0 saturated heterocycles. The van der Waals surface area contributed by atoms with Crippen molar-refractivity contribution in [1.82, 2.24) is 5.32 Å². The number of amides is 2. The molecule has 1 aliphatic carbocycles. The number of aryl methyl sites for hydroxylation is 1. The van der Waals surface area contributed by atoms with Crippen molar-refractivity contribution in [2.75, 3.05) is 5.32 Å². The van der Waals surface area contributed by atoms with E-state index in [4.69, 9.17) is 0 Å². The summed E-state index contributed by atoms with van der Waals surface area (Å²) in [5.41, 5.74) is 2.00. The predicted octanol–water partition coefficient (Wildman–Crippen LogP) is 2.23. The number of carbonyl (C=O) groups excluding carboxylic acids is 2. The van der Waals surface area contributed by atoms with Crippen LogP contribution >= 0.6 is 0 Å². The summed E-state index contributed by atoms with van der Waals surface area (Å²) in [5.74, 6) is -0.678. The highest BCUT2D eigenvalue weighted by Crippen LogP contribution is 2.27. The van der Waals surface area contributed by atoms with Crippen LogP contribution in [0.2, 0.25) is 0 Å². The maximum atomic E-state index is 12.2. The second kappa shape index (κ2) is 6.92. The van der Waals surface area contributed by atoms with Crippen molar-refractivity contribution < 1.29 is 14.7 Å². The molecule has 2 amide bonds. The minimum Gasteiger partial charge on any atom is -0.392 e. The topological polar surface area (TPSA) is 78.4 Å². The van der Waals surface area contributed by atoms with Crippen LogP contribution in [0.1, 0.15) is 49.0 Å². The molecule has 0 radical (unpaired) electrons. The van der Waals surface area contributed by atoms with E-state index in [-0.39, 0.29) is 23.8 Å². The Balaban J connectivity index is 2.12. The van der Waals surface area contributed by atoms with Crippen LogP contribution in [0.5, 0.6) is 0 Å². The monoisotopic (exact) mass is 304 g/mol. The maximum absolute atomic E-state index is 12.2. The zero-order valence-corrected chi connectivity index (χ0v) is 13.3. The lowest BCUT2D eigenvalue weighted by Crippen LogP contribution is -2.31. The van der Waals surface area contributed by atoms with Crippen molar-refractivity contribution in [3.8, 4) is 0 Å². The average Bonchev–Trinajstić information content (AvgIpc) is 2.86. The van der Waals surface area contributed by atoms with E-state index in [9.17, 15) is 14.7 Å². The van der Waals surface area contributed by atoms with Gasteiger partial charge in [-0.05, 0) is 57.7 Å². The lowest BCUT2D eigenvalue weighted by Gasteiger charge is -2.16. The van der Waals surface area contributed by atoms with Gasteiger partial charge in [0.2, 0.25) is 5.91 Å². The molecular formula is C17H24N2O3. The third-order valence-corrected chi connectivity index (χ3v) is 3.99. The fourth-order valence-electron chi connectivity index (χ4n) is 2.77. The number of benzene rings is 1. The van der Waals surface area contributed by atoms with Crippen molar-refractivity contribution in [2.24, 2.45) is 5.92 Å². The van der Waals surface area contributed by atoms with E-state index in [1.807, 2.05) is 26.8 Å². The molecule has 2 atom stereocenters. The fraction of sp³-hybridized carbons (Fsp3) is 0.529. The van der Waals surface area contributed by atoms with Crippen LogP contribution in [0, 0.1) is 12.8 Å². The molecule has 1 fully saturated rings. The van der Waals surface area contributed by atoms with E-state index < -0.39 is 6.10 Å². The first kappa shape index (κ1) is 16.5. The number of nitrogens with one attached hydrogen (secondary N) is 2. The third-order valence-electron chi connectivity index (χ3n) is 3.99. The van der Waals surface area contributed by atoms with Crippen LogP contribution in [0.25, 0.3) is 0 Å². The lowest BCUT2D eigenvalue weighted by atomic mass is 10.0. The van der Waals surface area contributed by atoms with Crippen LogP contribution in [0.15, 0.2) is 18.2 Å². The Hall–Kier alpha value is -1.88. The Kier molecular flexibility index (Phi) is 5.19. The molecule has 0 aliphatic heterocycles. The highest BCUT2D eigenvalue weighted by molar-refractivity contribution is 5.99. The Labute approximate surface area is 131 Å². The van der Waals surface area contributed by atoms with Crippen LogP contribution in [-0.2, 0) is 4.79 Å². The third kappa shape index (κ3) is 3.85. The van der Waals surface area contributed by atoms with Crippen LogP contribution in [0.3, 0.4) is 0 Å². The van der Waals surface area contributed by atoms with Gasteiger partial charge in [0.05, 0.1) is 12.0 Å². The van der Waals surface area contributed by atoms with Gasteiger partial charge in [0.25, 0.3) is 5.91 Å². The summed E-state index contributed by atoms with van der Waals surface area (Å²) in [5, 5.41) is 15.5. The highest BCUT2D eigenvalue weighted by atomic mass is 16.3. The first-order valence-corrected chi connectivity index (χ1v) is 7.79. The first-order chi connectivity index (χ1) is 10.4. The number of anilines is 1. The molecule has 1 saturated carbocycles. The molecule has 2 rings (SSSR count). The van der Waals surface area contributed by atoms with Gasteiger partial charge in [-0.25, -0.2) is 0 Å². The van der Waals surface area contributed by atoms with Gasteiger partial charge in [-0.3, -0.25) is 9.59 Å². The van der Waals surface area contributed by atoms with Gasteiger partial charge >= 0.3 is 0 Å². The molecule has 0 aromatic heterocycles. The maximum Gasteiger partial charge on any atom is 0.251 e. The molecule has 0 spiro atoms. The van der Waals surface area contributed by atoms with Gasteiger partial charge in [-0.2, -0.15) is 0 Å². The number of rotatable bonds is 4. The predicted molar refractivity (Wildman–Crippen MR) is 85.8 cm³/mol. The fourth-order valence-corrected chi connectivity index (χ4v) is 2.77. The van der Waals surface area contributed by atoms with Crippen LogP contribution in [0.4, 0.5) is 5.69 Å². The second-order valence-electron chi connectivity index (χ2n) is 6.25. The van der Waals surface area contributed by atoms with E-state index >= 15 is 0 Å². The minimum absolute atomic E-state index is 0.0544. The molecule has 1 aromatic carbocycles. The number of hydrogen-bond donors (Lipinski definition) is 3. The van der Waals surface area contributed by atoms with E-state index in [0.717, 1.165) is 12.0 Å². The van der Waals surface area contributed by atoms with Crippen LogP contribution < -0.4 is 10.6 Å². The Morgan fingerprint density at radius 3 is 2.59 bits per heavy atom. The average molecular weight is 304 g/mol. The summed E-state index contributed by atoms with van der Waals surface area (Å²) in [6, 6.07) is 5.34. The number of aliphatic hydroxyl groups is 1. The van der Waals surface area contributed by atoms with E-state index in [1.165, 1.54) is 0 Å². The quantitative estimate of drug-likeness (QED) is 0.798. The Morgan fingerprint density at radius 1 is 1.27 bits per heavy atom. The SMILES string of the molecule is Cc1ccc(NC(=O)C2CCCC2O)cc1C(=O)NC(C)C. The van der Waals surface area contributed by atoms with E-state index in [0.29, 0.717) is 24.1 Å². The summed E-state index contributed by atoms with van der Waals surface area (Å²) in [6.07, 6.45) is 1.69. The highest BCUT2D eigenvalue weighted by Gasteiger charge is 2.31. The Morgan fingerprint density at radius 2 is 2.00 bits per heavy atom. The zero-order chi connectivity index (χ0) is 16.3. The van der Waals surface area contributed by atoms with Gasteiger partial charge in [-0.15, -0.1) is 0 Å². The zero-order valence-electron chi connectivity index (χ0n) is 13.3. The minimum atomic E-state index is -0.561. The summed E-state index contributed by atoms with van der Waals surface area (Å²) in [7, 11) is 0. The molecule has 0 bridgehead atoms. The molecular weight excluding hydrogens is 280 g/mol. The largest absolute Gasteiger partial charge is 0.392 e. The van der Waals surface area contributed by atoms with Gasteiger partial charge < -0.3 is 15.7 Å². The number of carbonyl (C=O) groups is 2. The van der Waals surface area contributed by atoms with Crippen molar-refractivity contribution in [2.45, 2.75) is 52.2 Å². The normalized spacial score (nSPS) is 21.0. The molecule has 1 aliphatic rings. The summed E-state index contributed by atoms with van der Waals surface area (Å²) < 4.78 is 0. The van der Waals surface area contributed by atoms with Crippen molar-refractivity contribution in [3.63, 3.8) is 0 Å². The molecule has 22 heavy (non-hydrogen) atoms. The molecule has 3 N–H and O–H groups in total. The number of aliphatic hydroxyl groups excluding tert-OH is 1. The summed E-state index contributed by atoms with van der Waals surface area (Å²) in [4.78, 5) is 24.4. The molecule has 0 heterocycles. The van der Waals surface area contributed by atoms with Crippen molar-refractivity contribution in [3.05, 3.63) is 29.3 Å². The Bertz CT molecular complexity index is 569. The summed E-state index contributed by atoms with van der Waals surface area (Å²) in [6.45, 7) is 5.67. The van der Waals surface area contributed by atoms with Crippen molar-refractivity contribution in [1.29, 1.82) is 0 Å². The molecule has 1 aromatic rings. The van der Waals surface area contributed by atoms with Crippen molar-refractivity contribution >= 4 is 17.5 Å². The second-order valence-corrected chi connectivity index (χ2v) is 6.25. The van der Waals surface area contributed by atoms with Gasteiger partial charge in [0, 0.05) is 17.3 Å². The van der Waals surface area contributed by atoms with Gasteiger partial charge in [0.1, 0.15) is 0 Å².